The lowest BCUT2D eigenvalue weighted by molar-refractivity contribution is -0.108. The number of nitrogens with one attached hydrogen (secondary N) is 4. The van der Waals surface area contributed by atoms with Crippen LogP contribution in [-0.2, 0) is 4.79 Å². The van der Waals surface area contributed by atoms with Crippen molar-refractivity contribution >= 4 is 18.0 Å². The Balaban J connectivity index is 3.24. The fourth-order valence-electron chi connectivity index (χ4n) is 3.28. The van der Waals surface area contributed by atoms with E-state index >= 15 is 0 Å². The van der Waals surface area contributed by atoms with Crippen molar-refractivity contribution in [3.05, 3.63) is 71.0 Å². The minimum atomic E-state index is 0.291. The van der Waals surface area contributed by atoms with E-state index in [0.717, 1.165) is 36.2 Å². The van der Waals surface area contributed by atoms with Crippen LogP contribution < -0.4 is 21.7 Å². The number of carbonyl (C=O) groups is 1. The average molecular weight is 453 g/mol. The quantitative estimate of drug-likeness (QED) is 0.128. The van der Waals surface area contributed by atoms with Gasteiger partial charge in [-0.3, -0.25) is 4.79 Å². The Kier molecular flexibility index (Phi) is 12.3. The molecule has 1 amide bonds. The van der Waals surface area contributed by atoms with Crippen molar-refractivity contribution in [3.63, 3.8) is 0 Å². The van der Waals surface area contributed by atoms with Gasteiger partial charge in [-0.05, 0) is 76.3 Å². The maximum Gasteiger partial charge on any atom is 0.211 e. The molecular formula is C26H40N6O. The first kappa shape index (κ1) is 27.7. The molecule has 0 aromatic rings. The molecule has 0 saturated heterocycles. The summed E-state index contributed by atoms with van der Waals surface area (Å²) >= 11 is 0. The van der Waals surface area contributed by atoms with E-state index in [-0.39, 0.29) is 0 Å². The Morgan fingerprint density at radius 1 is 1.21 bits per heavy atom. The Bertz CT molecular complexity index is 896. The number of allylic oxidation sites excluding steroid dienone is 7. The molecule has 0 radical (unpaired) electrons. The zero-order valence-corrected chi connectivity index (χ0v) is 20.7. The van der Waals surface area contributed by atoms with Crippen LogP contribution in [0.2, 0.25) is 0 Å². The van der Waals surface area contributed by atoms with Gasteiger partial charge < -0.3 is 27.1 Å². The highest BCUT2D eigenvalue weighted by Crippen LogP contribution is 2.18. The predicted octanol–water partition coefficient (Wildman–Crippen LogP) is 4.70. The predicted molar refractivity (Wildman–Crippen MR) is 140 cm³/mol. The van der Waals surface area contributed by atoms with E-state index in [4.69, 9.17) is 16.1 Å². The van der Waals surface area contributed by atoms with Gasteiger partial charge >= 0.3 is 0 Å². The number of nitrogens with two attached hydrogens (primary N) is 1. The molecule has 7 heteroatoms. The maximum absolute atomic E-state index is 10.8. The van der Waals surface area contributed by atoms with Gasteiger partial charge in [0, 0.05) is 11.7 Å². The van der Waals surface area contributed by atoms with Crippen LogP contribution in [0, 0.1) is 5.41 Å². The molecule has 1 aliphatic rings. The molecular weight excluding hydrogens is 412 g/mol. The summed E-state index contributed by atoms with van der Waals surface area (Å²) < 4.78 is 0. The zero-order valence-electron chi connectivity index (χ0n) is 20.7. The van der Waals surface area contributed by atoms with Gasteiger partial charge in [0.25, 0.3) is 0 Å². The molecule has 1 saturated carbocycles. The SMILES string of the molecule is C=C(C)\C(=C/C=C(C)/C(N)=C(\NC(=C/C)/N=C(\C=C\CC)NC1CCCC1)C(C)=N)NC=O. The molecule has 0 unspecified atom stereocenters. The summed E-state index contributed by atoms with van der Waals surface area (Å²) in [5.74, 6) is 1.40. The van der Waals surface area contributed by atoms with Crippen molar-refractivity contribution in [1.82, 2.24) is 16.0 Å². The second kappa shape index (κ2) is 14.7. The van der Waals surface area contributed by atoms with Crippen molar-refractivity contribution in [1.29, 1.82) is 5.41 Å². The molecule has 0 aliphatic heterocycles. The number of hydrogen-bond donors (Lipinski definition) is 5. The lowest BCUT2D eigenvalue weighted by atomic mass is 10.1. The summed E-state index contributed by atoms with van der Waals surface area (Å²) in [6.07, 6.45) is 15.8. The molecule has 0 aromatic heterocycles. The highest BCUT2D eigenvalue weighted by Gasteiger charge is 2.16. The van der Waals surface area contributed by atoms with E-state index in [1.165, 1.54) is 12.8 Å². The number of carbonyl (C=O) groups excluding carboxylic acids is 1. The van der Waals surface area contributed by atoms with E-state index < -0.39 is 0 Å². The van der Waals surface area contributed by atoms with Crippen LogP contribution in [0.3, 0.4) is 0 Å². The zero-order chi connectivity index (χ0) is 24.8. The first-order valence-corrected chi connectivity index (χ1v) is 11.5. The van der Waals surface area contributed by atoms with Crippen molar-refractivity contribution in [2.75, 3.05) is 0 Å². The summed E-state index contributed by atoms with van der Waals surface area (Å²) in [5, 5.41) is 17.6. The van der Waals surface area contributed by atoms with E-state index in [2.05, 4.69) is 35.5 Å². The Morgan fingerprint density at radius 2 is 1.88 bits per heavy atom. The van der Waals surface area contributed by atoms with Gasteiger partial charge in [0.2, 0.25) is 6.41 Å². The van der Waals surface area contributed by atoms with Crippen LogP contribution in [0.25, 0.3) is 0 Å². The minimum Gasteiger partial charge on any atom is -0.397 e. The normalized spacial score (nSPS) is 17.1. The summed E-state index contributed by atoms with van der Waals surface area (Å²) in [7, 11) is 0. The van der Waals surface area contributed by atoms with Gasteiger partial charge in [0.1, 0.15) is 11.7 Å². The highest BCUT2D eigenvalue weighted by atomic mass is 16.1. The van der Waals surface area contributed by atoms with Crippen LogP contribution in [0.1, 0.15) is 66.7 Å². The Labute approximate surface area is 198 Å². The fourth-order valence-corrected chi connectivity index (χ4v) is 3.28. The average Bonchev–Trinajstić information content (AvgIpc) is 3.29. The van der Waals surface area contributed by atoms with Gasteiger partial charge in [-0.2, -0.15) is 0 Å². The summed E-state index contributed by atoms with van der Waals surface area (Å²) in [5.41, 5.74) is 9.67. The molecule has 1 aliphatic carbocycles. The van der Waals surface area contributed by atoms with Gasteiger partial charge in [-0.1, -0.05) is 38.5 Å². The van der Waals surface area contributed by atoms with Crippen LogP contribution in [-0.4, -0.2) is 24.0 Å². The van der Waals surface area contributed by atoms with Crippen molar-refractivity contribution in [2.24, 2.45) is 10.7 Å². The van der Waals surface area contributed by atoms with Crippen molar-refractivity contribution in [2.45, 2.75) is 72.8 Å². The number of amidine groups is 1. The molecule has 6 N–H and O–H groups in total. The van der Waals surface area contributed by atoms with E-state index in [1.807, 2.05) is 26.0 Å². The summed E-state index contributed by atoms with van der Waals surface area (Å²) in [6, 6.07) is 0.437. The second-order valence-corrected chi connectivity index (χ2v) is 8.12. The number of amides is 1. The topological polar surface area (TPSA) is 115 Å². The molecule has 180 valence electrons. The van der Waals surface area contributed by atoms with Crippen LogP contribution in [0.15, 0.2) is 76.0 Å². The largest absolute Gasteiger partial charge is 0.397 e. The molecule has 33 heavy (non-hydrogen) atoms. The van der Waals surface area contributed by atoms with E-state index in [0.29, 0.717) is 41.1 Å². The molecule has 0 atom stereocenters. The fraction of sp³-hybridized carbons (Fsp3) is 0.423. The lowest BCUT2D eigenvalue weighted by Gasteiger charge is -2.17. The van der Waals surface area contributed by atoms with Crippen LogP contribution in [0.4, 0.5) is 0 Å². The van der Waals surface area contributed by atoms with E-state index in [9.17, 15) is 4.79 Å². The monoisotopic (exact) mass is 452 g/mol. The number of rotatable bonds is 12. The van der Waals surface area contributed by atoms with Gasteiger partial charge in [-0.25, -0.2) is 4.99 Å². The molecule has 0 bridgehead atoms. The maximum atomic E-state index is 10.8. The van der Waals surface area contributed by atoms with Gasteiger partial charge in [0.05, 0.1) is 17.1 Å². The number of hydrogen-bond acceptors (Lipinski definition) is 5. The standard InChI is InChI=1S/C26H40N6O/c1-7-9-14-24(30-21-12-10-11-13-21)31-23(8-2)32-26(20(6)27)25(28)19(5)15-16-22(18(3)4)29-17-33/h8-9,14-17,21,27,32H,3,7,10-13,28H2,1-2,4-6H3,(H,29,33)(H,30,31)/b14-9+,19-15+,22-16+,23-8+,26-25+,27-20?. The smallest absolute Gasteiger partial charge is 0.211 e. The second-order valence-electron chi connectivity index (χ2n) is 8.12. The first-order valence-electron chi connectivity index (χ1n) is 11.5. The molecule has 0 aromatic carbocycles. The number of aliphatic imine (C=N–C) groups is 1. The third-order valence-corrected chi connectivity index (χ3v) is 5.23. The third-order valence-electron chi connectivity index (χ3n) is 5.23. The van der Waals surface area contributed by atoms with Gasteiger partial charge in [-0.15, -0.1) is 0 Å². The molecule has 0 spiro atoms. The van der Waals surface area contributed by atoms with E-state index in [1.54, 1.807) is 26.0 Å². The molecule has 7 nitrogen and oxygen atoms in total. The molecule has 0 heterocycles. The molecule has 1 rings (SSSR count). The Hall–Kier alpha value is -3.35. The van der Waals surface area contributed by atoms with Crippen molar-refractivity contribution in [3.8, 4) is 0 Å². The Morgan fingerprint density at radius 3 is 2.39 bits per heavy atom. The lowest BCUT2D eigenvalue weighted by Crippen LogP contribution is -2.32. The third kappa shape index (κ3) is 9.76. The summed E-state index contributed by atoms with van der Waals surface area (Å²) in [6.45, 7) is 13.2. The highest BCUT2D eigenvalue weighted by molar-refractivity contribution is 5.97. The molecule has 1 fully saturated rings. The van der Waals surface area contributed by atoms with Gasteiger partial charge in [0.15, 0.2) is 0 Å². The summed E-state index contributed by atoms with van der Waals surface area (Å²) in [4.78, 5) is 15.6. The number of nitrogens with zero attached hydrogens (tertiary/aromatic N) is 1. The first-order chi connectivity index (χ1) is 15.7. The van der Waals surface area contributed by atoms with Crippen molar-refractivity contribution < 1.29 is 4.79 Å². The van der Waals surface area contributed by atoms with Crippen LogP contribution in [0.5, 0.6) is 0 Å². The minimum absolute atomic E-state index is 0.291. The van der Waals surface area contributed by atoms with Crippen LogP contribution >= 0.6 is 0 Å².